The van der Waals surface area contributed by atoms with Gasteiger partial charge in [-0.2, -0.15) is 0 Å². The normalized spacial score (nSPS) is 14.4. The number of nitrogens with zero attached hydrogens (tertiary/aromatic N) is 1. The van der Waals surface area contributed by atoms with Crippen molar-refractivity contribution in [2.24, 2.45) is 11.7 Å². The number of nitrogens with two attached hydrogens (primary N) is 1. The molecule has 0 bridgehead atoms. The van der Waals surface area contributed by atoms with Crippen LogP contribution in [0.25, 0.3) is 0 Å². The van der Waals surface area contributed by atoms with E-state index in [0.717, 1.165) is 0 Å². The maximum absolute atomic E-state index is 5.93. The van der Waals surface area contributed by atoms with Crippen molar-refractivity contribution in [3.8, 4) is 0 Å². The summed E-state index contributed by atoms with van der Waals surface area (Å²) in [6, 6.07) is 9.10. The summed E-state index contributed by atoms with van der Waals surface area (Å²) in [6.07, 6.45) is 2.46. The predicted molar refractivity (Wildman–Crippen MR) is 76.5 cm³/mol. The van der Waals surface area contributed by atoms with Crippen LogP contribution in [0.15, 0.2) is 24.3 Å². The van der Waals surface area contributed by atoms with Gasteiger partial charge in [-0.1, -0.05) is 38.0 Å². The molecule has 0 radical (unpaired) electrons. The molecule has 0 aliphatic heterocycles. The molecule has 2 heteroatoms. The van der Waals surface area contributed by atoms with Gasteiger partial charge in [0.15, 0.2) is 0 Å². The maximum Gasteiger partial charge on any atom is 0.0434 e. The van der Waals surface area contributed by atoms with E-state index >= 15 is 0 Å². The molecule has 0 aromatic heterocycles. The number of hydrogen-bond acceptors (Lipinski definition) is 2. The fraction of sp³-hybridized carbons (Fsp3) is 0.600. The lowest BCUT2D eigenvalue weighted by atomic mass is 9.95. The fourth-order valence-corrected chi connectivity index (χ4v) is 2.39. The van der Waals surface area contributed by atoms with E-state index in [2.05, 4.69) is 57.0 Å². The summed E-state index contributed by atoms with van der Waals surface area (Å²) in [4.78, 5) is 2.32. The number of rotatable bonds is 6. The lowest BCUT2D eigenvalue weighted by molar-refractivity contribution is 0.414. The zero-order chi connectivity index (χ0) is 12.8. The Labute approximate surface area is 106 Å². The van der Waals surface area contributed by atoms with Crippen molar-refractivity contribution in [2.75, 3.05) is 18.5 Å². The van der Waals surface area contributed by atoms with Crippen LogP contribution in [0.1, 0.15) is 32.3 Å². The number of anilines is 1. The summed E-state index contributed by atoms with van der Waals surface area (Å²) in [7, 11) is 2.15. The Morgan fingerprint density at radius 1 is 1.24 bits per heavy atom. The average molecular weight is 234 g/mol. The van der Waals surface area contributed by atoms with E-state index < -0.39 is 0 Å². The second kappa shape index (κ2) is 6.65. The van der Waals surface area contributed by atoms with Crippen molar-refractivity contribution in [1.29, 1.82) is 0 Å². The molecule has 2 N–H and O–H groups in total. The SMILES string of the molecule is CCCC(C)C(CN)N(C)c1ccc(C)cc1. The minimum atomic E-state index is 0.428. The molecule has 2 atom stereocenters. The predicted octanol–water partition coefficient (Wildman–Crippen LogP) is 3.19. The molecule has 0 spiro atoms. The van der Waals surface area contributed by atoms with Crippen LogP contribution in [-0.2, 0) is 0 Å². The molecule has 2 nitrogen and oxygen atoms in total. The lowest BCUT2D eigenvalue weighted by Crippen LogP contribution is -2.42. The van der Waals surface area contributed by atoms with Crippen LogP contribution in [0.5, 0.6) is 0 Å². The molecule has 0 saturated heterocycles. The Morgan fingerprint density at radius 2 is 1.82 bits per heavy atom. The van der Waals surface area contributed by atoms with Gasteiger partial charge in [0.05, 0.1) is 0 Å². The van der Waals surface area contributed by atoms with Gasteiger partial charge < -0.3 is 10.6 Å². The van der Waals surface area contributed by atoms with Crippen LogP contribution in [0.4, 0.5) is 5.69 Å². The van der Waals surface area contributed by atoms with Gasteiger partial charge in [0.25, 0.3) is 0 Å². The third kappa shape index (κ3) is 3.74. The standard InChI is InChI=1S/C15H26N2/c1-5-6-13(3)15(11-16)17(4)14-9-7-12(2)8-10-14/h7-10,13,15H,5-6,11,16H2,1-4H3. The second-order valence-corrected chi connectivity index (χ2v) is 5.02. The van der Waals surface area contributed by atoms with E-state index in [9.17, 15) is 0 Å². The van der Waals surface area contributed by atoms with E-state index in [1.165, 1.54) is 24.1 Å². The van der Waals surface area contributed by atoms with Crippen molar-refractivity contribution >= 4 is 5.69 Å². The van der Waals surface area contributed by atoms with Crippen LogP contribution in [0, 0.1) is 12.8 Å². The van der Waals surface area contributed by atoms with Crippen molar-refractivity contribution in [1.82, 2.24) is 0 Å². The number of benzene rings is 1. The summed E-state index contributed by atoms with van der Waals surface area (Å²) in [5.41, 5.74) is 8.49. The van der Waals surface area contributed by atoms with Crippen LogP contribution in [0.2, 0.25) is 0 Å². The number of aryl methyl sites for hydroxylation is 1. The second-order valence-electron chi connectivity index (χ2n) is 5.02. The molecule has 1 aromatic carbocycles. The first-order valence-electron chi connectivity index (χ1n) is 6.59. The van der Waals surface area contributed by atoms with Crippen molar-refractivity contribution in [2.45, 2.75) is 39.7 Å². The molecular formula is C15H26N2. The van der Waals surface area contributed by atoms with Crippen LogP contribution < -0.4 is 10.6 Å². The van der Waals surface area contributed by atoms with Gasteiger partial charge in [0.1, 0.15) is 0 Å². The molecule has 1 rings (SSSR count). The van der Waals surface area contributed by atoms with Gasteiger partial charge in [-0.15, -0.1) is 0 Å². The number of hydrogen-bond donors (Lipinski definition) is 1. The topological polar surface area (TPSA) is 29.3 Å². The van der Waals surface area contributed by atoms with Gasteiger partial charge in [-0.3, -0.25) is 0 Å². The maximum atomic E-state index is 5.93. The van der Waals surface area contributed by atoms with Gasteiger partial charge in [0.2, 0.25) is 0 Å². The minimum Gasteiger partial charge on any atom is -0.370 e. The first-order chi connectivity index (χ1) is 8.10. The summed E-state index contributed by atoms with van der Waals surface area (Å²) in [5.74, 6) is 0.635. The molecule has 0 amide bonds. The van der Waals surface area contributed by atoms with Gasteiger partial charge in [0, 0.05) is 25.3 Å². The molecule has 2 unspecified atom stereocenters. The lowest BCUT2D eigenvalue weighted by Gasteiger charge is -2.33. The zero-order valence-corrected chi connectivity index (χ0v) is 11.6. The Morgan fingerprint density at radius 3 is 2.29 bits per heavy atom. The molecule has 0 heterocycles. The van der Waals surface area contributed by atoms with Crippen LogP contribution in [-0.4, -0.2) is 19.6 Å². The Balaban J connectivity index is 2.78. The molecule has 96 valence electrons. The van der Waals surface area contributed by atoms with Crippen LogP contribution >= 0.6 is 0 Å². The molecule has 0 aliphatic carbocycles. The summed E-state index contributed by atoms with van der Waals surface area (Å²) >= 11 is 0. The molecule has 1 aromatic rings. The molecule has 0 fully saturated rings. The Bertz CT molecular complexity index is 318. The van der Waals surface area contributed by atoms with E-state index in [1.807, 2.05) is 0 Å². The zero-order valence-electron chi connectivity index (χ0n) is 11.6. The van der Waals surface area contributed by atoms with Gasteiger partial charge in [-0.25, -0.2) is 0 Å². The molecular weight excluding hydrogens is 208 g/mol. The first kappa shape index (κ1) is 14.0. The van der Waals surface area contributed by atoms with Crippen LogP contribution in [0.3, 0.4) is 0 Å². The van der Waals surface area contributed by atoms with E-state index in [0.29, 0.717) is 18.5 Å². The average Bonchev–Trinajstić information content (AvgIpc) is 2.31. The van der Waals surface area contributed by atoms with Gasteiger partial charge >= 0.3 is 0 Å². The quantitative estimate of drug-likeness (QED) is 0.819. The van der Waals surface area contributed by atoms with Gasteiger partial charge in [-0.05, 0) is 31.4 Å². The largest absolute Gasteiger partial charge is 0.370 e. The highest BCUT2D eigenvalue weighted by atomic mass is 15.1. The summed E-state index contributed by atoms with van der Waals surface area (Å²) < 4.78 is 0. The summed E-state index contributed by atoms with van der Waals surface area (Å²) in [5, 5.41) is 0. The van der Waals surface area contributed by atoms with Crippen molar-refractivity contribution in [3.63, 3.8) is 0 Å². The van der Waals surface area contributed by atoms with E-state index in [1.54, 1.807) is 0 Å². The highest BCUT2D eigenvalue weighted by Gasteiger charge is 2.19. The summed E-state index contributed by atoms with van der Waals surface area (Å²) in [6.45, 7) is 7.36. The Kier molecular flexibility index (Phi) is 5.49. The van der Waals surface area contributed by atoms with E-state index in [4.69, 9.17) is 5.73 Å². The van der Waals surface area contributed by atoms with Crippen molar-refractivity contribution < 1.29 is 0 Å². The third-order valence-corrected chi connectivity index (χ3v) is 3.58. The highest BCUT2D eigenvalue weighted by Crippen LogP contribution is 2.21. The number of likely N-dealkylation sites (N-methyl/N-ethyl adjacent to an activating group) is 1. The molecule has 17 heavy (non-hydrogen) atoms. The minimum absolute atomic E-state index is 0.428. The Hall–Kier alpha value is -1.02. The molecule has 0 aliphatic rings. The fourth-order valence-electron chi connectivity index (χ4n) is 2.39. The van der Waals surface area contributed by atoms with Crippen molar-refractivity contribution in [3.05, 3.63) is 29.8 Å². The molecule has 0 saturated carbocycles. The first-order valence-corrected chi connectivity index (χ1v) is 6.59. The smallest absolute Gasteiger partial charge is 0.0434 e. The highest BCUT2D eigenvalue weighted by molar-refractivity contribution is 5.47. The third-order valence-electron chi connectivity index (χ3n) is 3.58. The monoisotopic (exact) mass is 234 g/mol. The van der Waals surface area contributed by atoms with E-state index in [-0.39, 0.29) is 0 Å².